The molecule has 0 saturated carbocycles. The lowest BCUT2D eigenvalue weighted by Gasteiger charge is -2.20. The molecule has 0 unspecified atom stereocenters. The van der Waals surface area contributed by atoms with Crippen molar-refractivity contribution in [2.24, 2.45) is 0 Å². The number of hydrogen-bond acceptors (Lipinski definition) is 4. The molecule has 1 aliphatic rings. The third kappa shape index (κ3) is 3.37. The number of carbonyl (C=O) groups is 2. The highest BCUT2D eigenvalue weighted by Crippen LogP contribution is 2.38. The van der Waals surface area contributed by atoms with Gasteiger partial charge in [-0.1, -0.05) is 0 Å². The van der Waals surface area contributed by atoms with Crippen LogP contribution in [0.15, 0.2) is 16.6 Å². The van der Waals surface area contributed by atoms with E-state index in [1.807, 2.05) is 0 Å². The first-order valence-corrected chi connectivity index (χ1v) is 6.46. The highest BCUT2D eigenvalue weighted by molar-refractivity contribution is 9.10. The summed E-state index contributed by atoms with van der Waals surface area (Å²) in [5, 5.41) is 11.0. The molecule has 0 aliphatic carbocycles. The lowest BCUT2D eigenvalue weighted by Crippen LogP contribution is -2.26. The fourth-order valence-corrected chi connectivity index (χ4v) is 2.18. The SMILES string of the molecule is O=C(O)CCNC(=O)c1cc(Br)c2c(c1)OCCO2. The number of fused-ring (bicyclic) bond motifs is 1. The second-order valence-corrected chi connectivity index (χ2v) is 4.74. The van der Waals surface area contributed by atoms with Crippen LogP contribution in [0.1, 0.15) is 16.8 Å². The maximum absolute atomic E-state index is 11.8. The molecule has 6 nitrogen and oxygen atoms in total. The average Bonchev–Trinajstić information content (AvgIpc) is 2.38. The first-order chi connectivity index (χ1) is 9.08. The first kappa shape index (κ1) is 13.7. The van der Waals surface area contributed by atoms with Crippen molar-refractivity contribution in [3.63, 3.8) is 0 Å². The van der Waals surface area contributed by atoms with Gasteiger partial charge in [-0.3, -0.25) is 9.59 Å². The number of carboxylic acid groups (broad SMARTS) is 1. The number of carboxylic acids is 1. The third-order valence-corrected chi connectivity index (χ3v) is 3.07. The number of ether oxygens (including phenoxy) is 2. The van der Waals surface area contributed by atoms with E-state index in [-0.39, 0.29) is 18.9 Å². The molecule has 0 bridgehead atoms. The van der Waals surface area contributed by atoms with Gasteiger partial charge in [-0.25, -0.2) is 0 Å². The van der Waals surface area contributed by atoms with Crippen molar-refractivity contribution in [3.8, 4) is 11.5 Å². The van der Waals surface area contributed by atoms with Crippen molar-refractivity contribution in [2.45, 2.75) is 6.42 Å². The maximum atomic E-state index is 11.8. The number of nitrogens with one attached hydrogen (secondary N) is 1. The summed E-state index contributed by atoms with van der Waals surface area (Å²) in [7, 11) is 0. The first-order valence-electron chi connectivity index (χ1n) is 5.67. The molecule has 1 amide bonds. The molecular formula is C12H12BrNO5. The summed E-state index contributed by atoms with van der Waals surface area (Å²) >= 11 is 3.31. The van der Waals surface area contributed by atoms with Gasteiger partial charge in [0.25, 0.3) is 5.91 Å². The van der Waals surface area contributed by atoms with E-state index in [9.17, 15) is 9.59 Å². The fourth-order valence-electron chi connectivity index (χ4n) is 1.63. The molecule has 7 heteroatoms. The van der Waals surface area contributed by atoms with Gasteiger partial charge in [0.1, 0.15) is 13.2 Å². The molecule has 2 rings (SSSR count). The zero-order chi connectivity index (χ0) is 13.8. The molecule has 2 N–H and O–H groups in total. The van der Waals surface area contributed by atoms with E-state index in [0.717, 1.165) is 0 Å². The average molecular weight is 330 g/mol. The van der Waals surface area contributed by atoms with Crippen LogP contribution in [0.5, 0.6) is 11.5 Å². The number of carbonyl (C=O) groups excluding carboxylic acids is 1. The van der Waals surface area contributed by atoms with Crippen LogP contribution in [0.25, 0.3) is 0 Å². The Morgan fingerprint density at radius 1 is 1.32 bits per heavy atom. The van der Waals surface area contributed by atoms with Crippen molar-refractivity contribution < 1.29 is 24.2 Å². The van der Waals surface area contributed by atoms with Crippen LogP contribution in [0, 0.1) is 0 Å². The lowest BCUT2D eigenvalue weighted by atomic mass is 10.2. The minimum atomic E-state index is -0.955. The van der Waals surface area contributed by atoms with Gasteiger partial charge in [0.15, 0.2) is 11.5 Å². The van der Waals surface area contributed by atoms with Gasteiger partial charge in [-0.05, 0) is 28.1 Å². The Kier molecular flexibility index (Phi) is 4.26. The molecule has 19 heavy (non-hydrogen) atoms. The molecule has 0 fully saturated rings. The van der Waals surface area contributed by atoms with Crippen LogP contribution in [-0.4, -0.2) is 36.7 Å². The third-order valence-electron chi connectivity index (χ3n) is 2.48. The Hall–Kier alpha value is -1.76. The predicted octanol–water partition coefficient (Wildman–Crippen LogP) is 1.42. The minimum absolute atomic E-state index is 0.0836. The highest BCUT2D eigenvalue weighted by atomic mass is 79.9. The Balaban J connectivity index is 2.10. The van der Waals surface area contributed by atoms with Gasteiger partial charge in [-0.2, -0.15) is 0 Å². The quantitative estimate of drug-likeness (QED) is 0.872. The molecule has 1 aliphatic heterocycles. The van der Waals surface area contributed by atoms with Gasteiger partial charge >= 0.3 is 5.97 Å². The molecule has 0 spiro atoms. The molecular weight excluding hydrogens is 318 g/mol. The summed E-state index contributed by atoms with van der Waals surface area (Å²) < 4.78 is 11.5. The summed E-state index contributed by atoms with van der Waals surface area (Å²) in [6.45, 7) is 0.986. The van der Waals surface area contributed by atoms with Crippen molar-refractivity contribution in [2.75, 3.05) is 19.8 Å². The molecule has 1 aromatic carbocycles. The summed E-state index contributed by atoms with van der Waals surface area (Å²) in [5.41, 5.74) is 0.390. The van der Waals surface area contributed by atoms with E-state index < -0.39 is 5.97 Å². The number of aliphatic carboxylic acids is 1. The number of benzene rings is 1. The molecule has 102 valence electrons. The van der Waals surface area contributed by atoms with E-state index in [0.29, 0.717) is 34.7 Å². The Morgan fingerprint density at radius 3 is 2.79 bits per heavy atom. The number of halogens is 1. The molecule has 1 aromatic rings. The molecule has 0 atom stereocenters. The standard InChI is InChI=1S/C12H12BrNO5/c13-8-5-7(12(17)14-2-1-10(15)16)6-9-11(8)19-4-3-18-9/h5-6H,1-4H2,(H,14,17)(H,15,16). The van der Waals surface area contributed by atoms with Crippen LogP contribution in [0.4, 0.5) is 0 Å². The van der Waals surface area contributed by atoms with E-state index in [2.05, 4.69) is 21.2 Å². The topological polar surface area (TPSA) is 84.9 Å². The maximum Gasteiger partial charge on any atom is 0.305 e. The van der Waals surface area contributed by atoms with Gasteiger partial charge in [-0.15, -0.1) is 0 Å². The van der Waals surface area contributed by atoms with Crippen LogP contribution in [-0.2, 0) is 4.79 Å². The lowest BCUT2D eigenvalue weighted by molar-refractivity contribution is -0.136. The van der Waals surface area contributed by atoms with Crippen LogP contribution >= 0.6 is 15.9 Å². The zero-order valence-electron chi connectivity index (χ0n) is 9.94. The van der Waals surface area contributed by atoms with Gasteiger partial charge in [0, 0.05) is 12.1 Å². The largest absolute Gasteiger partial charge is 0.486 e. The van der Waals surface area contributed by atoms with Gasteiger partial charge < -0.3 is 19.9 Å². The fraction of sp³-hybridized carbons (Fsp3) is 0.333. The van der Waals surface area contributed by atoms with Crippen LogP contribution < -0.4 is 14.8 Å². The molecule has 0 aromatic heterocycles. The second kappa shape index (κ2) is 5.92. The number of amides is 1. The monoisotopic (exact) mass is 329 g/mol. The molecule has 0 saturated heterocycles. The van der Waals surface area contributed by atoms with Gasteiger partial charge in [0.2, 0.25) is 0 Å². The van der Waals surface area contributed by atoms with Crippen molar-refractivity contribution >= 4 is 27.8 Å². The molecule has 0 radical (unpaired) electrons. The Labute approximate surface area is 117 Å². The van der Waals surface area contributed by atoms with E-state index in [1.165, 1.54) is 0 Å². The normalized spacial score (nSPS) is 12.9. The van der Waals surface area contributed by atoms with E-state index in [1.54, 1.807) is 12.1 Å². The predicted molar refractivity (Wildman–Crippen MR) is 69.7 cm³/mol. The van der Waals surface area contributed by atoms with E-state index >= 15 is 0 Å². The van der Waals surface area contributed by atoms with Crippen molar-refractivity contribution in [1.82, 2.24) is 5.32 Å². The van der Waals surface area contributed by atoms with Crippen molar-refractivity contribution in [1.29, 1.82) is 0 Å². The second-order valence-electron chi connectivity index (χ2n) is 3.88. The summed E-state index contributed by atoms with van der Waals surface area (Å²) in [6.07, 6.45) is -0.114. The van der Waals surface area contributed by atoms with Crippen LogP contribution in [0.3, 0.4) is 0 Å². The summed E-state index contributed by atoms with van der Waals surface area (Å²) in [6, 6.07) is 3.19. The smallest absolute Gasteiger partial charge is 0.305 e. The Bertz CT molecular complexity index is 517. The summed E-state index contributed by atoms with van der Waals surface area (Å²) in [5.74, 6) is -0.222. The number of rotatable bonds is 4. The van der Waals surface area contributed by atoms with Crippen LogP contribution in [0.2, 0.25) is 0 Å². The highest BCUT2D eigenvalue weighted by Gasteiger charge is 2.18. The van der Waals surface area contributed by atoms with Gasteiger partial charge in [0.05, 0.1) is 10.9 Å². The Morgan fingerprint density at radius 2 is 2.05 bits per heavy atom. The number of hydrogen-bond donors (Lipinski definition) is 2. The molecule has 1 heterocycles. The van der Waals surface area contributed by atoms with Crippen molar-refractivity contribution in [3.05, 3.63) is 22.2 Å². The zero-order valence-corrected chi connectivity index (χ0v) is 11.5. The summed E-state index contributed by atoms with van der Waals surface area (Å²) in [4.78, 5) is 22.2. The van der Waals surface area contributed by atoms with E-state index in [4.69, 9.17) is 14.6 Å². The minimum Gasteiger partial charge on any atom is -0.486 e.